The number of alkyl halides is 2. The van der Waals surface area contributed by atoms with Crippen molar-refractivity contribution >= 4 is 31.9 Å². The molecule has 0 spiro atoms. The van der Waals surface area contributed by atoms with Crippen LogP contribution in [0.15, 0.2) is 32.3 Å². The maximum absolute atomic E-state index is 12.6. The first kappa shape index (κ1) is 13.3. The molecular formula is C9H6Br2F2N4O. The molecule has 0 N–H and O–H groups in total. The van der Waals surface area contributed by atoms with E-state index in [1.807, 2.05) is 0 Å². The molecule has 2 aromatic rings. The zero-order valence-corrected chi connectivity index (χ0v) is 11.9. The van der Waals surface area contributed by atoms with Crippen LogP contribution in [0.5, 0.6) is 0 Å². The summed E-state index contributed by atoms with van der Waals surface area (Å²) in [6.07, 6.45) is 3.81. The van der Waals surface area contributed by atoms with Crippen LogP contribution in [0.1, 0.15) is 12.4 Å². The van der Waals surface area contributed by atoms with Crippen molar-refractivity contribution in [2.45, 2.75) is 13.1 Å². The van der Waals surface area contributed by atoms with E-state index < -0.39 is 12.1 Å². The molecule has 0 aliphatic rings. The summed E-state index contributed by atoms with van der Waals surface area (Å²) in [5.74, 6) is 0.0637. The SMILES string of the molecule is O=c1c(Br)c(Br)cnn1Cc1nccn1C(F)F. The average Bonchev–Trinajstić information content (AvgIpc) is 2.78. The quantitative estimate of drug-likeness (QED) is 0.817. The predicted molar refractivity (Wildman–Crippen MR) is 66.5 cm³/mol. The Morgan fingerprint density at radius 3 is 2.78 bits per heavy atom. The highest BCUT2D eigenvalue weighted by atomic mass is 79.9. The van der Waals surface area contributed by atoms with Gasteiger partial charge in [-0.15, -0.1) is 0 Å². The molecule has 0 aliphatic heterocycles. The highest BCUT2D eigenvalue weighted by molar-refractivity contribution is 9.13. The van der Waals surface area contributed by atoms with Crippen LogP contribution in [0.2, 0.25) is 0 Å². The summed E-state index contributed by atoms with van der Waals surface area (Å²) < 4.78 is 27.7. The second kappa shape index (κ2) is 5.27. The Labute approximate surface area is 117 Å². The fourth-order valence-electron chi connectivity index (χ4n) is 1.34. The topological polar surface area (TPSA) is 52.7 Å². The Balaban J connectivity index is 2.38. The first-order chi connectivity index (χ1) is 8.50. The molecule has 0 aromatic carbocycles. The molecule has 0 saturated carbocycles. The normalized spacial score (nSPS) is 11.2. The average molecular weight is 384 g/mol. The van der Waals surface area contributed by atoms with Crippen LogP contribution in [-0.2, 0) is 6.54 Å². The minimum atomic E-state index is -2.70. The maximum Gasteiger partial charge on any atom is 0.319 e. The van der Waals surface area contributed by atoms with E-state index in [9.17, 15) is 13.6 Å². The minimum absolute atomic E-state index is 0.0637. The molecule has 96 valence electrons. The van der Waals surface area contributed by atoms with Gasteiger partial charge in [-0.3, -0.25) is 9.36 Å². The van der Waals surface area contributed by atoms with E-state index in [1.165, 1.54) is 12.4 Å². The summed E-state index contributed by atoms with van der Waals surface area (Å²) in [5, 5.41) is 3.84. The van der Waals surface area contributed by atoms with Gasteiger partial charge in [0.15, 0.2) is 0 Å². The zero-order chi connectivity index (χ0) is 13.3. The third kappa shape index (κ3) is 2.51. The van der Waals surface area contributed by atoms with Crippen LogP contribution in [0.3, 0.4) is 0 Å². The number of nitrogens with zero attached hydrogens (tertiary/aromatic N) is 4. The zero-order valence-electron chi connectivity index (χ0n) is 8.73. The van der Waals surface area contributed by atoms with Crippen LogP contribution in [0.25, 0.3) is 0 Å². The number of rotatable bonds is 3. The van der Waals surface area contributed by atoms with Crippen molar-refractivity contribution in [3.05, 3.63) is 43.7 Å². The fraction of sp³-hybridized carbons (Fsp3) is 0.222. The molecule has 0 radical (unpaired) electrons. The van der Waals surface area contributed by atoms with Gasteiger partial charge >= 0.3 is 6.55 Å². The third-order valence-corrected chi connectivity index (χ3v) is 4.09. The molecule has 0 aliphatic carbocycles. The molecule has 0 atom stereocenters. The van der Waals surface area contributed by atoms with Gasteiger partial charge in [0.05, 0.1) is 10.7 Å². The standard InChI is InChI=1S/C9H6Br2F2N4O/c10-5-3-15-17(8(18)7(5)11)4-6-14-1-2-16(6)9(12)13/h1-3,9H,4H2. The molecule has 2 aromatic heterocycles. The molecule has 2 rings (SSSR count). The van der Waals surface area contributed by atoms with Crippen LogP contribution < -0.4 is 5.56 Å². The number of halogens is 4. The van der Waals surface area contributed by atoms with Gasteiger partial charge in [-0.25, -0.2) is 9.67 Å². The third-order valence-electron chi connectivity index (χ3n) is 2.19. The summed E-state index contributed by atoms with van der Waals surface area (Å²) in [6.45, 7) is -2.82. The maximum atomic E-state index is 12.6. The lowest BCUT2D eigenvalue weighted by molar-refractivity contribution is 0.0665. The number of imidazole rings is 1. The lowest BCUT2D eigenvalue weighted by Gasteiger charge is -2.08. The Hall–Kier alpha value is -1.09. The van der Waals surface area contributed by atoms with Crippen LogP contribution in [0.4, 0.5) is 8.78 Å². The van der Waals surface area contributed by atoms with Crippen molar-refractivity contribution in [2.75, 3.05) is 0 Å². The smallest absolute Gasteiger partial charge is 0.276 e. The molecule has 18 heavy (non-hydrogen) atoms. The van der Waals surface area contributed by atoms with Gasteiger partial charge < -0.3 is 0 Å². The van der Waals surface area contributed by atoms with E-state index in [4.69, 9.17) is 0 Å². The molecular weight excluding hydrogens is 378 g/mol. The van der Waals surface area contributed by atoms with E-state index in [0.29, 0.717) is 9.04 Å². The van der Waals surface area contributed by atoms with Gasteiger partial charge in [0.1, 0.15) is 16.8 Å². The molecule has 0 bridgehead atoms. The van der Waals surface area contributed by atoms with Gasteiger partial charge in [0.2, 0.25) is 0 Å². The van der Waals surface area contributed by atoms with E-state index >= 15 is 0 Å². The highest BCUT2D eigenvalue weighted by Crippen LogP contribution is 2.17. The van der Waals surface area contributed by atoms with Crippen LogP contribution >= 0.6 is 31.9 Å². The molecule has 0 fully saturated rings. The summed E-state index contributed by atoms with van der Waals surface area (Å²) in [4.78, 5) is 15.6. The largest absolute Gasteiger partial charge is 0.319 e. The van der Waals surface area contributed by atoms with Crippen molar-refractivity contribution in [2.24, 2.45) is 0 Å². The van der Waals surface area contributed by atoms with Crippen molar-refractivity contribution in [1.29, 1.82) is 0 Å². The van der Waals surface area contributed by atoms with Gasteiger partial charge in [-0.1, -0.05) is 0 Å². The van der Waals surface area contributed by atoms with Crippen LogP contribution in [0, 0.1) is 0 Å². The van der Waals surface area contributed by atoms with Crippen molar-refractivity contribution in [3.8, 4) is 0 Å². The Morgan fingerprint density at radius 1 is 1.39 bits per heavy atom. The van der Waals surface area contributed by atoms with E-state index in [-0.39, 0.29) is 16.8 Å². The Kier molecular flexibility index (Phi) is 3.91. The second-order valence-corrected chi connectivity index (χ2v) is 4.95. The highest BCUT2D eigenvalue weighted by Gasteiger charge is 2.14. The van der Waals surface area contributed by atoms with Gasteiger partial charge in [-0.2, -0.15) is 13.9 Å². The molecule has 9 heteroatoms. The van der Waals surface area contributed by atoms with E-state index in [0.717, 1.165) is 10.9 Å². The van der Waals surface area contributed by atoms with Gasteiger partial charge in [0.25, 0.3) is 5.56 Å². The van der Waals surface area contributed by atoms with E-state index in [2.05, 4.69) is 41.9 Å². The van der Waals surface area contributed by atoms with E-state index in [1.54, 1.807) is 0 Å². The predicted octanol–water partition coefficient (Wildman–Crippen LogP) is 2.41. The first-order valence-corrected chi connectivity index (χ1v) is 6.30. The summed E-state index contributed by atoms with van der Waals surface area (Å²) in [6, 6.07) is 0. The molecule has 5 nitrogen and oxygen atoms in total. The Morgan fingerprint density at radius 2 is 2.11 bits per heavy atom. The lowest BCUT2D eigenvalue weighted by Crippen LogP contribution is -2.25. The summed E-state index contributed by atoms with van der Waals surface area (Å²) in [5.41, 5.74) is -0.423. The molecule has 0 saturated heterocycles. The minimum Gasteiger partial charge on any atom is -0.276 e. The van der Waals surface area contributed by atoms with Gasteiger partial charge in [-0.05, 0) is 31.9 Å². The van der Waals surface area contributed by atoms with Crippen molar-refractivity contribution in [3.63, 3.8) is 0 Å². The van der Waals surface area contributed by atoms with Gasteiger partial charge in [0, 0.05) is 12.4 Å². The molecule has 0 unspecified atom stereocenters. The van der Waals surface area contributed by atoms with Crippen molar-refractivity contribution < 1.29 is 8.78 Å². The Bertz CT molecular complexity index is 625. The second-order valence-electron chi connectivity index (χ2n) is 3.30. The van der Waals surface area contributed by atoms with Crippen molar-refractivity contribution in [1.82, 2.24) is 19.3 Å². The fourth-order valence-corrected chi connectivity index (χ4v) is 1.90. The lowest BCUT2D eigenvalue weighted by atomic mass is 10.5. The summed E-state index contributed by atoms with van der Waals surface area (Å²) in [7, 11) is 0. The summed E-state index contributed by atoms with van der Waals surface area (Å²) >= 11 is 6.22. The molecule has 2 heterocycles. The first-order valence-electron chi connectivity index (χ1n) is 4.71. The number of hydrogen-bond donors (Lipinski definition) is 0. The number of hydrogen-bond acceptors (Lipinski definition) is 3. The van der Waals surface area contributed by atoms with Crippen LogP contribution in [-0.4, -0.2) is 19.3 Å². The number of aromatic nitrogens is 4. The monoisotopic (exact) mass is 382 g/mol. The molecule has 0 amide bonds.